The number of hydrogen-bond donors (Lipinski definition) is 0. The van der Waals surface area contributed by atoms with Gasteiger partial charge >= 0.3 is 0 Å². The van der Waals surface area contributed by atoms with Gasteiger partial charge in [-0.1, -0.05) is 6.42 Å². The van der Waals surface area contributed by atoms with E-state index in [1.165, 1.54) is 37.1 Å². The normalized spacial score (nSPS) is 22.5. The first-order chi connectivity index (χ1) is 10.8. The van der Waals surface area contributed by atoms with Crippen LogP contribution in [0.1, 0.15) is 29.8 Å². The first-order valence-electron chi connectivity index (χ1n) is 7.84. The molecule has 1 atom stereocenters. The number of aromatic nitrogens is 1. The molecular weight excluding hydrogens is 298 g/mol. The van der Waals surface area contributed by atoms with Crippen molar-refractivity contribution in [1.82, 2.24) is 14.8 Å². The summed E-state index contributed by atoms with van der Waals surface area (Å²) in [6.45, 7) is 3.83. The average molecular weight is 317 g/mol. The fraction of sp³-hybridized carbons (Fsp3) is 0.500. The molecule has 0 unspecified atom stereocenters. The fourth-order valence-corrected chi connectivity index (χ4v) is 4.15. The van der Waals surface area contributed by atoms with E-state index in [1.807, 2.05) is 22.4 Å². The summed E-state index contributed by atoms with van der Waals surface area (Å²) in [5.41, 5.74) is 0.542. The molecule has 2 aliphatic heterocycles. The Morgan fingerprint density at radius 2 is 2.27 bits per heavy atom. The zero-order chi connectivity index (χ0) is 14.9. The number of hydrogen-bond acceptors (Lipinski definition) is 5. The quantitative estimate of drug-likeness (QED) is 0.854. The van der Waals surface area contributed by atoms with Crippen molar-refractivity contribution in [2.24, 2.45) is 0 Å². The summed E-state index contributed by atoms with van der Waals surface area (Å²) in [7, 11) is 0. The SMILES string of the molecule is O=C(c1csc(-c2ccco2)n1)N1CCN2CCCC[C@@H]2C1. The summed E-state index contributed by atoms with van der Waals surface area (Å²) < 4.78 is 5.35. The van der Waals surface area contributed by atoms with Crippen LogP contribution in [0, 0.1) is 0 Å². The minimum absolute atomic E-state index is 0.0549. The van der Waals surface area contributed by atoms with Crippen LogP contribution in [0.5, 0.6) is 0 Å². The largest absolute Gasteiger partial charge is 0.462 e. The highest BCUT2D eigenvalue weighted by Gasteiger charge is 2.32. The van der Waals surface area contributed by atoms with Crippen molar-refractivity contribution >= 4 is 17.2 Å². The van der Waals surface area contributed by atoms with Crippen molar-refractivity contribution in [3.63, 3.8) is 0 Å². The fourth-order valence-electron chi connectivity index (χ4n) is 3.39. The van der Waals surface area contributed by atoms with Gasteiger partial charge in [0, 0.05) is 31.1 Å². The lowest BCUT2D eigenvalue weighted by Crippen LogP contribution is -2.56. The molecule has 116 valence electrons. The van der Waals surface area contributed by atoms with Crippen molar-refractivity contribution in [2.75, 3.05) is 26.2 Å². The van der Waals surface area contributed by atoms with Crippen LogP contribution in [0.15, 0.2) is 28.2 Å². The third kappa shape index (κ3) is 2.57. The second-order valence-corrected chi connectivity index (χ2v) is 6.81. The van der Waals surface area contributed by atoms with Crippen molar-refractivity contribution < 1.29 is 9.21 Å². The van der Waals surface area contributed by atoms with E-state index >= 15 is 0 Å². The van der Waals surface area contributed by atoms with Crippen molar-refractivity contribution in [3.05, 3.63) is 29.5 Å². The minimum atomic E-state index is 0.0549. The number of carbonyl (C=O) groups is 1. The highest BCUT2D eigenvalue weighted by molar-refractivity contribution is 7.13. The summed E-state index contributed by atoms with van der Waals surface area (Å²) >= 11 is 1.46. The maximum atomic E-state index is 12.7. The van der Waals surface area contributed by atoms with E-state index in [-0.39, 0.29) is 5.91 Å². The van der Waals surface area contributed by atoms with Crippen molar-refractivity contribution in [2.45, 2.75) is 25.3 Å². The molecule has 2 aliphatic rings. The molecule has 1 amide bonds. The Labute approximate surface area is 133 Å². The number of thiazole rings is 1. The van der Waals surface area contributed by atoms with E-state index in [0.29, 0.717) is 11.7 Å². The topological polar surface area (TPSA) is 49.6 Å². The van der Waals surface area contributed by atoms with Crippen molar-refractivity contribution in [1.29, 1.82) is 0 Å². The van der Waals surface area contributed by atoms with Gasteiger partial charge in [-0.2, -0.15) is 0 Å². The van der Waals surface area contributed by atoms with Gasteiger partial charge in [0.05, 0.1) is 6.26 Å². The van der Waals surface area contributed by atoms with E-state index in [2.05, 4.69) is 9.88 Å². The summed E-state index contributed by atoms with van der Waals surface area (Å²) in [5.74, 6) is 0.778. The molecule has 22 heavy (non-hydrogen) atoms. The Hall–Kier alpha value is -1.66. The minimum Gasteiger partial charge on any atom is -0.462 e. The first kappa shape index (κ1) is 14.0. The second-order valence-electron chi connectivity index (χ2n) is 5.95. The predicted molar refractivity (Wildman–Crippen MR) is 84.9 cm³/mol. The van der Waals surface area contributed by atoms with E-state index in [9.17, 15) is 4.79 Å². The molecule has 2 fully saturated rings. The van der Waals surface area contributed by atoms with Crippen LogP contribution in [0.3, 0.4) is 0 Å². The van der Waals surface area contributed by atoms with Gasteiger partial charge < -0.3 is 9.32 Å². The van der Waals surface area contributed by atoms with Crippen LogP contribution in [0.4, 0.5) is 0 Å². The van der Waals surface area contributed by atoms with Crippen molar-refractivity contribution in [3.8, 4) is 10.8 Å². The number of amides is 1. The van der Waals surface area contributed by atoms with E-state index < -0.39 is 0 Å². The first-order valence-corrected chi connectivity index (χ1v) is 8.72. The summed E-state index contributed by atoms with van der Waals surface area (Å²) in [6.07, 6.45) is 5.41. The maximum Gasteiger partial charge on any atom is 0.273 e. The van der Waals surface area contributed by atoms with E-state index in [4.69, 9.17) is 4.42 Å². The number of furan rings is 1. The van der Waals surface area contributed by atoms with Gasteiger partial charge in [-0.05, 0) is 31.5 Å². The molecule has 2 saturated heterocycles. The maximum absolute atomic E-state index is 12.7. The molecule has 0 N–H and O–H groups in total. The number of nitrogens with zero attached hydrogens (tertiary/aromatic N) is 3. The number of rotatable bonds is 2. The molecule has 2 aromatic heterocycles. The molecule has 4 heterocycles. The van der Waals surface area contributed by atoms with Gasteiger partial charge in [-0.15, -0.1) is 11.3 Å². The number of carbonyl (C=O) groups excluding carboxylic acids is 1. The number of piperidine rings is 1. The van der Waals surface area contributed by atoms with Gasteiger partial charge in [0.25, 0.3) is 5.91 Å². The Bertz CT molecular complexity index is 652. The Morgan fingerprint density at radius 3 is 3.14 bits per heavy atom. The Morgan fingerprint density at radius 1 is 1.32 bits per heavy atom. The molecule has 6 heteroatoms. The third-order valence-electron chi connectivity index (χ3n) is 4.58. The van der Waals surface area contributed by atoms with Crippen LogP contribution in [-0.4, -0.2) is 52.9 Å². The van der Waals surface area contributed by atoms with Gasteiger partial charge in [-0.25, -0.2) is 4.98 Å². The lowest BCUT2D eigenvalue weighted by molar-refractivity contribution is 0.0369. The van der Waals surface area contributed by atoms with Gasteiger partial charge in [0.2, 0.25) is 0 Å². The summed E-state index contributed by atoms with van der Waals surface area (Å²) in [5, 5.41) is 2.61. The molecule has 4 rings (SSSR count). The molecule has 0 aliphatic carbocycles. The molecule has 2 aromatic rings. The highest BCUT2D eigenvalue weighted by atomic mass is 32.1. The lowest BCUT2D eigenvalue weighted by Gasteiger charge is -2.43. The molecule has 0 saturated carbocycles. The van der Waals surface area contributed by atoms with Crippen LogP contribution in [0.2, 0.25) is 0 Å². The molecular formula is C16H19N3O2S. The zero-order valence-electron chi connectivity index (χ0n) is 12.4. The zero-order valence-corrected chi connectivity index (χ0v) is 13.2. The highest BCUT2D eigenvalue weighted by Crippen LogP contribution is 2.26. The monoisotopic (exact) mass is 317 g/mol. The summed E-state index contributed by atoms with van der Waals surface area (Å²) in [4.78, 5) is 21.6. The molecule has 0 spiro atoms. The van der Waals surface area contributed by atoms with Gasteiger partial charge in [0.15, 0.2) is 10.8 Å². The van der Waals surface area contributed by atoms with Crippen LogP contribution < -0.4 is 0 Å². The van der Waals surface area contributed by atoms with Crippen LogP contribution in [-0.2, 0) is 0 Å². The lowest BCUT2D eigenvalue weighted by atomic mass is 9.99. The molecule has 5 nitrogen and oxygen atoms in total. The third-order valence-corrected chi connectivity index (χ3v) is 5.44. The van der Waals surface area contributed by atoms with Crippen LogP contribution >= 0.6 is 11.3 Å². The van der Waals surface area contributed by atoms with Crippen LogP contribution in [0.25, 0.3) is 10.8 Å². The van der Waals surface area contributed by atoms with Gasteiger partial charge in [-0.3, -0.25) is 9.69 Å². The summed E-state index contributed by atoms with van der Waals surface area (Å²) in [6, 6.07) is 4.24. The molecule has 0 radical (unpaired) electrons. The Balaban J connectivity index is 1.48. The smallest absolute Gasteiger partial charge is 0.273 e. The predicted octanol–water partition coefficient (Wildman–Crippen LogP) is 2.71. The second kappa shape index (κ2) is 5.85. The molecule has 0 bridgehead atoms. The number of piperazine rings is 1. The van der Waals surface area contributed by atoms with Gasteiger partial charge in [0.1, 0.15) is 5.69 Å². The molecule has 0 aromatic carbocycles. The Kier molecular flexibility index (Phi) is 3.72. The van der Waals surface area contributed by atoms with E-state index in [1.54, 1.807) is 6.26 Å². The van der Waals surface area contributed by atoms with E-state index in [0.717, 1.165) is 30.4 Å². The standard InChI is InChI=1S/C16H19N3O2S/c20-16(13-11-22-15(17-13)14-5-3-9-21-14)19-8-7-18-6-2-1-4-12(18)10-19/h3,5,9,11-12H,1-2,4,6-8,10H2/t12-/m1/s1. The average Bonchev–Trinajstić information content (AvgIpc) is 3.24. The number of fused-ring (bicyclic) bond motifs is 1.